The first-order chi connectivity index (χ1) is 4.22. The Labute approximate surface area is 55.6 Å². The van der Waals surface area contributed by atoms with Crippen molar-refractivity contribution in [2.24, 2.45) is 11.8 Å². The van der Waals surface area contributed by atoms with Crippen LogP contribution in [-0.2, 0) is 4.79 Å². The Bertz CT molecular complexity index is 120. The monoisotopic (exact) mass is 127 g/mol. The van der Waals surface area contributed by atoms with E-state index in [2.05, 4.69) is 19.2 Å². The highest BCUT2D eigenvalue weighted by atomic mass is 16.2. The lowest BCUT2D eigenvalue weighted by Crippen LogP contribution is -2.22. The highest BCUT2D eigenvalue weighted by molar-refractivity contribution is 5.80. The van der Waals surface area contributed by atoms with Gasteiger partial charge in [-0.1, -0.05) is 13.8 Å². The number of carbonyl (C=O) groups excluding carboxylic acids is 1. The van der Waals surface area contributed by atoms with Crippen LogP contribution < -0.4 is 5.32 Å². The van der Waals surface area contributed by atoms with Gasteiger partial charge in [-0.25, -0.2) is 0 Å². The van der Waals surface area contributed by atoms with E-state index in [0.717, 1.165) is 13.0 Å². The standard InChI is InChI=1S/C7H13NO/c1-5(2)6-3-4-8-7(6)9/h5-6H,3-4H2,1-2H3,(H,8,9)/t6-/m0/s1. The molecule has 1 heterocycles. The molecular formula is C7H13NO. The predicted octanol–water partition coefficient (Wildman–Crippen LogP) is 0.778. The molecule has 0 aromatic carbocycles. The van der Waals surface area contributed by atoms with Gasteiger partial charge in [0.2, 0.25) is 5.91 Å². The second-order valence-corrected chi connectivity index (χ2v) is 2.93. The number of hydrogen-bond acceptors (Lipinski definition) is 1. The lowest BCUT2D eigenvalue weighted by molar-refractivity contribution is -0.123. The summed E-state index contributed by atoms with van der Waals surface area (Å²) >= 11 is 0. The molecule has 0 radical (unpaired) electrons. The molecule has 0 aliphatic carbocycles. The second-order valence-electron chi connectivity index (χ2n) is 2.93. The molecule has 1 atom stereocenters. The molecule has 1 N–H and O–H groups in total. The van der Waals surface area contributed by atoms with Crippen molar-refractivity contribution in [1.29, 1.82) is 0 Å². The van der Waals surface area contributed by atoms with Crippen molar-refractivity contribution in [3.63, 3.8) is 0 Å². The summed E-state index contributed by atoms with van der Waals surface area (Å²) in [7, 11) is 0. The van der Waals surface area contributed by atoms with Gasteiger partial charge >= 0.3 is 0 Å². The number of hydrogen-bond donors (Lipinski definition) is 1. The van der Waals surface area contributed by atoms with Gasteiger partial charge in [-0.05, 0) is 12.3 Å². The van der Waals surface area contributed by atoms with Crippen molar-refractivity contribution in [1.82, 2.24) is 5.32 Å². The Morgan fingerprint density at radius 2 is 2.33 bits per heavy atom. The Morgan fingerprint density at radius 1 is 1.67 bits per heavy atom. The fourth-order valence-electron chi connectivity index (χ4n) is 1.25. The second kappa shape index (κ2) is 2.38. The van der Waals surface area contributed by atoms with Crippen molar-refractivity contribution in [3.05, 3.63) is 0 Å². The van der Waals surface area contributed by atoms with E-state index in [1.165, 1.54) is 0 Å². The van der Waals surface area contributed by atoms with Crippen molar-refractivity contribution in [2.75, 3.05) is 6.54 Å². The predicted molar refractivity (Wildman–Crippen MR) is 36.0 cm³/mol. The highest BCUT2D eigenvalue weighted by Crippen LogP contribution is 2.18. The maximum absolute atomic E-state index is 10.9. The van der Waals surface area contributed by atoms with Gasteiger partial charge in [-0.15, -0.1) is 0 Å². The Kier molecular flexibility index (Phi) is 1.74. The zero-order valence-electron chi connectivity index (χ0n) is 5.98. The van der Waals surface area contributed by atoms with Gasteiger partial charge in [0.25, 0.3) is 0 Å². The summed E-state index contributed by atoms with van der Waals surface area (Å²) in [4.78, 5) is 10.9. The zero-order chi connectivity index (χ0) is 6.85. The molecule has 0 bridgehead atoms. The molecule has 2 nitrogen and oxygen atoms in total. The summed E-state index contributed by atoms with van der Waals surface area (Å²) in [5.74, 6) is 1.03. The SMILES string of the molecule is CC(C)[C@@H]1CCNC1=O. The summed E-state index contributed by atoms with van der Waals surface area (Å²) in [6.07, 6.45) is 1.02. The molecule has 0 aromatic rings. The van der Waals surface area contributed by atoms with Crippen molar-refractivity contribution >= 4 is 5.91 Å². The molecular weight excluding hydrogens is 114 g/mol. The van der Waals surface area contributed by atoms with Crippen LogP contribution in [0.25, 0.3) is 0 Å². The molecule has 0 saturated carbocycles. The molecule has 9 heavy (non-hydrogen) atoms. The fraction of sp³-hybridized carbons (Fsp3) is 0.857. The fourth-order valence-corrected chi connectivity index (χ4v) is 1.25. The minimum absolute atomic E-state index is 0.241. The lowest BCUT2D eigenvalue weighted by atomic mass is 9.95. The van der Waals surface area contributed by atoms with E-state index in [9.17, 15) is 4.79 Å². The Hall–Kier alpha value is -0.530. The Balaban J connectivity index is 2.49. The van der Waals surface area contributed by atoms with Crippen LogP contribution in [0.5, 0.6) is 0 Å². The molecule has 0 unspecified atom stereocenters. The zero-order valence-corrected chi connectivity index (χ0v) is 5.98. The van der Waals surface area contributed by atoms with E-state index in [0.29, 0.717) is 5.92 Å². The Morgan fingerprint density at radius 3 is 2.56 bits per heavy atom. The van der Waals surface area contributed by atoms with E-state index >= 15 is 0 Å². The summed E-state index contributed by atoms with van der Waals surface area (Å²) in [6, 6.07) is 0. The first kappa shape index (κ1) is 6.59. The summed E-state index contributed by atoms with van der Waals surface area (Å²) in [6.45, 7) is 5.06. The first-order valence-electron chi connectivity index (χ1n) is 3.49. The van der Waals surface area contributed by atoms with E-state index in [1.807, 2.05) is 0 Å². The largest absolute Gasteiger partial charge is 0.356 e. The summed E-state index contributed by atoms with van der Waals surface area (Å²) in [5, 5.41) is 2.81. The van der Waals surface area contributed by atoms with Crippen LogP contribution in [0.3, 0.4) is 0 Å². The third kappa shape index (κ3) is 1.23. The van der Waals surface area contributed by atoms with Gasteiger partial charge < -0.3 is 5.32 Å². The van der Waals surface area contributed by atoms with Crippen LogP contribution in [0.2, 0.25) is 0 Å². The summed E-state index contributed by atoms with van der Waals surface area (Å²) < 4.78 is 0. The van der Waals surface area contributed by atoms with Gasteiger partial charge in [0, 0.05) is 12.5 Å². The maximum atomic E-state index is 10.9. The highest BCUT2D eigenvalue weighted by Gasteiger charge is 2.26. The first-order valence-corrected chi connectivity index (χ1v) is 3.49. The van der Waals surface area contributed by atoms with Crippen molar-refractivity contribution in [3.8, 4) is 0 Å². The van der Waals surface area contributed by atoms with Gasteiger partial charge in [-0.3, -0.25) is 4.79 Å². The number of carbonyl (C=O) groups is 1. The molecule has 1 saturated heterocycles. The molecule has 1 rings (SSSR count). The average Bonchev–Trinajstić information content (AvgIpc) is 2.13. The molecule has 52 valence electrons. The van der Waals surface area contributed by atoms with E-state index in [-0.39, 0.29) is 11.8 Å². The average molecular weight is 127 g/mol. The van der Waals surface area contributed by atoms with E-state index < -0.39 is 0 Å². The molecule has 1 fully saturated rings. The van der Waals surface area contributed by atoms with Gasteiger partial charge in [0.1, 0.15) is 0 Å². The van der Waals surface area contributed by atoms with Gasteiger partial charge in [-0.2, -0.15) is 0 Å². The van der Waals surface area contributed by atoms with Gasteiger partial charge in [0.05, 0.1) is 0 Å². The quantitative estimate of drug-likeness (QED) is 0.554. The molecule has 0 aromatic heterocycles. The van der Waals surface area contributed by atoms with Crippen LogP contribution in [0.4, 0.5) is 0 Å². The van der Waals surface area contributed by atoms with Crippen LogP contribution in [0, 0.1) is 11.8 Å². The van der Waals surface area contributed by atoms with Crippen LogP contribution >= 0.6 is 0 Å². The van der Waals surface area contributed by atoms with Crippen molar-refractivity contribution in [2.45, 2.75) is 20.3 Å². The maximum Gasteiger partial charge on any atom is 0.223 e. The number of amides is 1. The molecule has 1 aliphatic heterocycles. The lowest BCUT2D eigenvalue weighted by Gasteiger charge is -2.08. The minimum Gasteiger partial charge on any atom is -0.356 e. The third-order valence-electron chi connectivity index (χ3n) is 1.90. The topological polar surface area (TPSA) is 29.1 Å². The van der Waals surface area contributed by atoms with E-state index in [1.54, 1.807) is 0 Å². The van der Waals surface area contributed by atoms with Gasteiger partial charge in [0.15, 0.2) is 0 Å². The summed E-state index contributed by atoms with van der Waals surface area (Å²) in [5.41, 5.74) is 0. The third-order valence-corrected chi connectivity index (χ3v) is 1.90. The minimum atomic E-state index is 0.241. The smallest absolute Gasteiger partial charge is 0.223 e. The molecule has 2 heteroatoms. The van der Waals surface area contributed by atoms with Crippen LogP contribution in [0.1, 0.15) is 20.3 Å². The van der Waals surface area contributed by atoms with Crippen molar-refractivity contribution < 1.29 is 4.79 Å². The molecule has 1 amide bonds. The van der Waals surface area contributed by atoms with E-state index in [4.69, 9.17) is 0 Å². The normalized spacial score (nSPS) is 27.0. The van der Waals surface area contributed by atoms with Crippen LogP contribution in [-0.4, -0.2) is 12.5 Å². The molecule has 0 spiro atoms. The number of nitrogens with one attached hydrogen (secondary N) is 1. The number of rotatable bonds is 1. The molecule has 1 aliphatic rings. The van der Waals surface area contributed by atoms with Crippen LogP contribution in [0.15, 0.2) is 0 Å².